The normalized spacial score (nSPS) is 12.7. The van der Waals surface area contributed by atoms with Crippen LogP contribution < -0.4 is 10.2 Å². The molecule has 0 fully saturated rings. The van der Waals surface area contributed by atoms with Crippen molar-refractivity contribution in [2.75, 3.05) is 4.90 Å². The fourth-order valence-electron chi connectivity index (χ4n) is 4.37. The zero-order valence-corrected chi connectivity index (χ0v) is 20.8. The maximum absolute atomic E-state index is 13.4. The van der Waals surface area contributed by atoms with Gasteiger partial charge >= 0.3 is 0 Å². The molecule has 0 bridgehead atoms. The van der Waals surface area contributed by atoms with Crippen LogP contribution in [0, 0.1) is 0 Å². The molecule has 1 aliphatic heterocycles. The third-order valence-corrected chi connectivity index (χ3v) is 7.17. The lowest BCUT2D eigenvalue weighted by Gasteiger charge is -2.21. The molecule has 7 nitrogen and oxygen atoms in total. The molecule has 0 saturated heterocycles. The van der Waals surface area contributed by atoms with Crippen molar-refractivity contribution in [3.8, 4) is 10.6 Å². The molecule has 0 spiro atoms. The topological polar surface area (TPSA) is 92.3 Å². The second kappa shape index (κ2) is 9.83. The number of aromatic nitrogens is 2. The van der Waals surface area contributed by atoms with E-state index in [-0.39, 0.29) is 23.9 Å². The molecule has 0 unspecified atom stereocenters. The van der Waals surface area contributed by atoms with Gasteiger partial charge < -0.3 is 5.32 Å². The van der Waals surface area contributed by atoms with E-state index in [1.54, 1.807) is 24.5 Å². The number of nitrogens with zero attached hydrogens (tertiary/aromatic N) is 3. The summed E-state index contributed by atoms with van der Waals surface area (Å²) in [5, 5.41) is 5.57. The first-order valence-electron chi connectivity index (χ1n) is 11.8. The van der Waals surface area contributed by atoms with Gasteiger partial charge in [0.05, 0.1) is 29.1 Å². The van der Waals surface area contributed by atoms with Crippen molar-refractivity contribution in [2.45, 2.75) is 33.2 Å². The molecule has 1 aliphatic rings. The van der Waals surface area contributed by atoms with Crippen molar-refractivity contribution in [3.05, 3.63) is 99.8 Å². The summed E-state index contributed by atoms with van der Waals surface area (Å²) < 4.78 is 0. The molecular formula is C28H24N4O3S. The molecule has 180 valence electrons. The van der Waals surface area contributed by atoms with E-state index in [0.717, 1.165) is 27.4 Å². The first kappa shape index (κ1) is 23.6. The summed E-state index contributed by atoms with van der Waals surface area (Å²) in [5.41, 5.74) is 5.06. The minimum Gasteiger partial charge on any atom is -0.346 e. The van der Waals surface area contributed by atoms with Crippen LogP contribution in [-0.2, 0) is 19.4 Å². The van der Waals surface area contributed by atoms with Gasteiger partial charge in [-0.1, -0.05) is 32.0 Å². The molecule has 8 heteroatoms. The molecule has 3 amide bonds. The lowest BCUT2D eigenvalue weighted by molar-refractivity contribution is 0.0923. The van der Waals surface area contributed by atoms with Crippen molar-refractivity contribution in [2.24, 2.45) is 0 Å². The zero-order chi connectivity index (χ0) is 25.2. The number of para-hydroxylation sites is 1. The van der Waals surface area contributed by atoms with Gasteiger partial charge in [-0.2, -0.15) is 0 Å². The van der Waals surface area contributed by atoms with Gasteiger partial charge in [-0.05, 0) is 54.3 Å². The number of thiazole rings is 1. The number of benzene rings is 2. The summed E-state index contributed by atoms with van der Waals surface area (Å²) in [4.78, 5) is 49.5. The van der Waals surface area contributed by atoms with E-state index in [9.17, 15) is 14.4 Å². The van der Waals surface area contributed by atoms with Crippen molar-refractivity contribution in [1.82, 2.24) is 15.3 Å². The Morgan fingerprint density at radius 1 is 0.972 bits per heavy atom. The molecule has 2 aromatic heterocycles. The van der Waals surface area contributed by atoms with E-state index in [2.05, 4.69) is 15.3 Å². The summed E-state index contributed by atoms with van der Waals surface area (Å²) in [6.07, 6.45) is 4.85. The Kier molecular flexibility index (Phi) is 6.43. The molecular weight excluding hydrogens is 472 g/mol. The molecule has 0 aliphatic carbocycles. The van der Waals surface area contributed by atoms with E-state index in [1.165, 1.54) is 22.3 Å². The highest BCUT2D eigenvalue weighted by atomic mass is 32.1. The van der Waals surface area contributed by atoms with Gasteiger partial charge in [0, 0.05) is 28.9 Å². The second-order valence-electron chi connectivity index (χ2n) is 8.41. The highest BCUT2D eigenvalue weighted by Crippen LogP contribution is 2.34. The third-order valence-electron chi connectivity index (χ3n) is 6.23. The van der Waals surface area contributed by atoms with E-state index in [4.69, 9.17) is 0 Å². The fraction of sp³-hybridized carbons (Fsp3) is 0.179. The maximum Gasteiger partial charge on any atom is 0.266 e. The second-order valence-corrected chi connectivity index (χ2v) is 9.26. The number of hydrogen-bond acceptors (Lipinski definition) is 6. The number of imide groups is 1. The Hall–Kier alpha value is -4.17. The summed E-state index contributed by atoms with van der Waals surface area (Å²) in [6.45, 7) is 4.25. The smallest absolute Gasteiger partial charge is 0.266 e. The highest BCUT2D eigenvalue weighted by Gasteiger charge is 2.38. The summed E-state index contributed by atoms with van der Waals surface area (Å²) >= 11 is 1.48. The Balaban J connectivity index is 1.35. The van der Waals surface area contributed by atoms with Gasteiger partial charge in [-0.3, -0.25) is 19.4 Å². The number of amides is 3. The lowest BCUT2D eigenvalue weighted by Crippen LogP contribution is -2.31. The fourth-order valence-corrected chi connectivity index (χ4v) is 5.18. The highest BCUT2D eigenvalue weighted by molar-refractivity contribution is 7.13. The van der Waals surface area contributed by atoms with E-state index < -0.39 is 5.91 Å². The lowest BCUT2D eigenvalue weighted by atomic mass is 10.0. The Morgan fingerprint density at radius 3 is 2.42 bits per heavy atom. The first-order chi connectivity index (χ1) is 17.5. The molecule has 0 saturated carbocycles. The standard InChI is InChI=1S/C28H24N4O3S/c1-3-17-7-5-8-18(4-2)24(17)32-27(34)22-11-10-19(13-23(22)28(32)35)25(33)30-15-21-16-36-26(31-21)20-9-6-12-29-14-20/h5-14,16H,3-4,15H2,1-2H3,(H,30,33). The van der Waals surface area contributed by atoms with Crippen LogP contribution in [0.3, 0.4) is 0 Å². The quantitative estimate of drug-likeness (QED) is 0.361. The molecule has 4 aromatic rings. The number of rotatable bonds is 7. The summed E-state index contributed by atoms with van der Waals surface area (Å²) in [6, 6.07) is 14.3. The van der Waals surface area contributed by atoms with Crippen LogP contribution in [-0.4, -0.2) is 27.7 Å². The van der Waals surface area contributed by atoms with Crippen molar-refractivity contribution in [1.29, 1.82) is 0 Å². The molecule has 3 heterocycles. The zero-order valence-electron chi connectivity index (χ0n) is 19.9. The van der Waals surface area contributed by atoms with Crippen molar-refractivity contribution in [3.63, 3.8) is 0 Å². The van der Waals surface area contributed by atoms with Gasteiger partial charge in [-0.25, -0.2) is 9.88 Å². The molecule has 0 atom stereocenters. The van der Waals surface area contributed by atoms with E-state index in [0.29, 0.717) is 29.7 Å². The number of fused-ring (bicyclic) bond motifs is 1. The Morgan fingerprint density at radius 2 is 1.72 bits per heavy atom. The van der Waals surface area contributed by atoms with Crippen LogP contribution >= 0.6 is 11.3 Å². The third kappa shape index (κ3) is 4.20. The Labute approximate surface area is 212 Å². The van der Waals surface area contributed by atoms with E-state index in [1.807, 2.05) is 49.6 Å². The average molecular weight is 497 g/mol. The van der Waals surface area contributed by atoms with Gasteiger partial charge in [0.25, 0.3) is 17.7 Å². The van der Waals surface area contributed by atoms with Crippen LogP contribution in [0.4, 0.5) is 5.69 Å². The van der Waals surface area contributed by atoms with Crippen LogP contribution in [0.15, 0.2) is 66.3 Å². The number of pyridine rings is 1. The largest absolute Gasteiger partial charge is 0.346 e. The molecule has 5 rings (SSSR count). The average Bonchev–Trinajstić information content (AvgIpc) is 3.49. The molecule has 0 radical (unpaired) electrons. The number of anilines is 1. The number of hydrogen-bond donors (Lipinski definition) is 1. The van der Waals surface area contributed by atoms with E-state index >= 15 is 0 Å². The van der Waals surface area contributed by atoms with Gasteiger partial charge in [0.15, 0.2) is 0 Å². The van der Waals surface area contributed by atoms with Crippen LogP contribution in [0.5, 0.6) is 0 Å². The minimum absolute atomic E-state index is 0.244. The molecule has 36 heavy (non-hydrogen) atoms. The van der Waals surface area contributed by atoms with Crippen LogP contribution in [0.25, 0.3) is 10.6 Å². The molecule has 1 N–H and O–H groups in total. The summed E-state index contributed by atoms with van der Waals surface area (Å²) in [7, 11) is 0. The predicted molar refractivity (Wildman–Crippen MR) is 139 cm³/mol. The number of aryl methyl sites for hydroxylation is 2. The van der Waals surface area contributed by atoms with Crippen LogP contribution in [0.1, 0.15) is 61.7 Å². The first-order valence-corrected chi connectivity index (χ1v) is 12.7. The maximum atomic E-state index is 13.4. The predicted octanol–water partition coefficient (Wildman–Crippen LogP) is 5.06. The Bertz CT molecular complexity index is 1460. The van der Waals surface area contributed by atoms with Gasteiger partial charge in [0.2, 0.25) is 0 Å². The van der Waals surface area contributed by atoms with Gasteiger partial charge in [0.1, 0.15) is 5.01 Å². The number of carbonyl (C=O) groups is 3. The monoisotopic (exact) mass is 496 g/mol. The number of carbonyl (C=O) groups excluding carboxylic acids is 3. The summed E-state index contributed by atoms with van der Waals surface area (Å²) in [5.74, 6) is -1.10. The molecule has 2 aromatic carbocycles. The SMILES string of the molecule is CCc1cccc(CC)c1N1C(=O)c2ccc(C(=O)NCc3csc(-c4cccnc4)n3)cc2C1=O. The van der Waals surface area contributed by atoms with Gasteiger partial charge in [-0.15, -0.1) is 11.3 Å². The van der Waals surface area contributed by atoms with Crippen molar-refractivity contribution < 1.29 is 14.4 Å². The number of nitrogens with one attached hydrogen (secondary N) is 1. The van der Waals surface area contributed by atoms with Crippen LogP contribution in [0.2, 0.25) is 0 Å². The van der Waals surface area contributed by atoms with Crippen molar-refractivity contribution >= 4 is 34.7 Å². The minimum atomic E-state index is -0.402.